The molecule has 10 heteroatoms. The summed E-state index contributed by atoms with van der Waals surface area (Å²) in [7, 11) is 4.37. The van der Waals surface area contributed by atoms with E-state index >= 15 is 0 Å². The molecule has 2 saturated heterocycles. The third-order valence-corrected chi connectivity index (χ3v) is 9.07. The Labute approximate surface area is 250 Å². The molecule has 0 unspecified atom stereocenters. The summed E-state index contributed by atoms with van der Waals surface area (Å²) in [6.07, 6.45) is 2.75. The summed E-state index contributed by atoms with van der Waals surface area (Å²) < 4.78 is 29.8. The van der Waals surface area contributed by atoms with Crippen molar-refractivity contribution in [2.45, 2.75) is 25.8 Å². The number of aromatic nitrogens is 4. The number of nitrogens with one attached hydrogen (secondary N) is 2. The number of anilines is 3. The number of rotatable bonds is 7. The Kier molecular flexibility index (Phi) is 7.48. The van der Waals surface area contributed by atoms with Gasteiger partial charge < -0.3 is 20.0 Å². The van der Waals surface area contributed by atoms with Crippen LogP contribution < -0.4 is 10.2 Å². The van der Waals surface area contributed by atoms with Crippen LogP contribution in [0.4, 0.5) is 26.1 Å². The highest BCUT2D eigenvalue weighted by molar-refractivity contribution is 5.98. The largest absolute Gasteiger partial charge is 0.369 e. The van der Waals surface area contributed by atoms with Crippen molar-refractivity contribution in [3.8, 4) is 0 Å². The minimum Gasteiger partial charge on any atom is -0.369 e. The van der Waals surface area contributed by atoms with Gasteiger partial charge in [0.25, 0.3) is 0 Å². The summed E-state index contributed by atoms with van der Waals surface area (Å²) in [6, 6.07) is 16.3. The van der Waals surface area contributed by atoms with E-state index in [2.05, 4.69) is 67.2 Å². The van der Waals surface area contributed by atoms with Gasteiger partial charge in [0.15, 0.2) is 11.6 Å². The lowest BCUT2D eigenvalue weighted by Crippen LogP contribution is -2.44. The minimum absolute atomic E-state index is 0.415. The predicted octanol–water partition coefficient (Wildman–Crippen LogP) is 5.62. The molecule has 0 amide bonds. The van der Waals surface area contributed by atoms with Crippen molar-refractivity contribution in [2.75, 3.05) is 63.6 Å². The summed E-state index contributed by atoms with van der Waals surface area (Å²) >= 11 is 0. The number of aromatic amines is 1. The number of halogens is 2. The molecule has 0 atom stereocenters. The fraction of sp³-hybridized carbons (Fsp3) is 0.394. The fourth-order valence-corrected chi connectivity index (χ4v) is 6.47. The molecular formula is C33H38F2N8. The second kappa shape index (κ2) is 11.6. The van der Waals surface area contributed by atoms with Gasteiger partial charge in [-0.05, 0) is 106 Å². The van der Waals surface area contributed by atoms with Gasteiger partial charge in [0.2, 0.25) is 0 Å². The Morgan fingerprint density at radius 1 is 0.791 bits per heavy atom. The maximum atomic E-state index is 13.8. The van der Waals surface area contributed by atoms with Crippen LogP contribution in [0.3, 0.4) is 0 Å². The van der Waals surface area contributed by atoms with E-state index in [1.165, 1.54) is 30.7 Å². The van der Waals surface area contributed by atoms with Crippen LogP contribution in [0.25, 0.3) is 21.8 Å². The Bertz CT molecular complexity index is 1720. The summed E-state index contributed by atoms with van der Waals surface area (Å²) in [6.45, 7) is 7.26. The zero-order valence-electron chi connectivity index (χ0n) is 24.8. The van der Waals surface area contributed by atoms with Crippen LogP contribution in [0.15, 0.2) is 54.6 Å². The zero-order valence-corrected chi connectivity index (χ0v) is 24.8. The van der Waals surface area contributed by atoms with Crippen molar-refractivity contribution in [1.29, 1.82) is 0 Å². The minimum atomic E-state index is -0.569. The molecule has 4 heterocycles. The first kappa shape index (κ1) is 27.8. The number of likely N-dealkylation sites (tertiary alicyclic amines) is 1. The number of hydrogen-bond donors (Lipinski definition) is 2. The number of H-pyrrole nitrogens is 1. The lowest BCUT2D eigenvalue weighted by atomic mass is 9.97. The molecule has 2 aliphatic heterocycles. The first-order chi connectivity index (χ1) is 20.9. The lowest BCUT2D eigenvalue weighted by molar-refractivity contribution is 0.203. The van der Waals surface area contributed by atoms with E-state index in [-0.39, 0.29) is 0 Å². The molecule has 7 rings (SSSR count). The van der Waals surface area contributed by atoms with Gasteiger partial charge in [-0.2, -0.15) is 10.2 Å². The highest BCUT2D eigenvalue weighted by atomic mass is 19.1. The maximum absolute atomic E-state index is 13.8. The first-order valence-corrected chi connectivity index (χ1v) is 15.2. The van der Waals surface area contributed by atoms with E-state index in [1.54, 1.807) is 0 Å². The zero-order chi connectivity index (χ0) is 29.5. The molecule has 5 aromatic rings. The van der Waals surface area contributed by atoms with Gasteiger partial charge in [-0.25, -0.2) is 8.78 Å². The Morgan fingerprint density at radius 2 is 1.53 bits per heavy atom. The molecular weight excluding hydrogens is 546 g/mol. The molecule has 0 saturated carbocycles. The standard InChI is InChI=1S/C33H38F2N8/c1-40-9-7-22(8-10-40)21-43-31-20-27(42-13-11-41(2)12-14-42)4-5-28(31)33(39-43)36-32-29-18-23(3-6-30(29)37-38-32)15-24-16-25(34)19-26(35)17-24/h3-6,16-20,22H,7-15,21H2,1-2H3,(H2,36,37,38,39). The lowest BCUT2D eigenvalue weighted by Gasteiger charge is -2.34. The summed E-state index contributed by atoms with van der Waals surface area (Å²) in [5.41, 5.74) is 4.78. The monoisotopic (exact) mass is 584 g/mol. The van der Waals surface area contributed by atoms with Crippen LogP contribution in [0.1, 0.15) is 24.0 Å². The van der Waals surface area contributed by atoms with Crippen molar-refractivity contribution in [3.63, 3.8) is 0 Å². The van der Waals surface area contributed by atoms with Crippen LogP contribution in [0.5, 0.6) is 0 Å². The van der Waals surface area contributed by atoms with E-state index in [4.69, 9.17) is 5.10 Å². The Hall–Kier alpha value is -4.02. The topological polar surface area (TPSA) is 68.2 Å². The number of piperazine rings is 1. The van der Waals surface area contributed by atoms with Crippen molar-refractivity contribution in [2.24, 2.45) is 5.92 Å². The van der Waals surface area contributed by atoms with Crippen LogP contribution in [-0.2, 0) is 13.0 Å². The maximum Gasteiger partial charge on any atom is 0.161 e. The molecule has 8 nitrogen and oxygen atoms in total. The normalized spacial score (nSPS) is 17.3. The van der Waals surface area contributed by atoms with Gasteiger partial charge in [0, 0.05) is 55.2 Å². The van der Waals surface area contributed by atoms with Gasteiger partial charge >= 0.3 is 0 Å². The van der Waals surface area contributed by atoms with Crippen molar-refractivity contribution < 1.29 is 8.78 Å². The molecule has 3 aromatic carbocycles. The van der Waals surface area contributed by atoms with Crippen molar-refractivity contribution >= 4 is 39.1 Å². The smallest absolute Gasteiger partial charge is 0.161 e. The van der Waals surface area contributed by atoms with Gasteiger partial charge in [0.05, 0.1) is 11.0 Å². The van der Waals surface area contributed by atoms with E-state index < -0.39 is 11.6 Å². The van der Waals surface area contributed by atoms with Crippen LogP contribution in [0.2, 0.25) is 0 Å². The number of benzene rings is 3. The molecule has 2 aromatic heterocycles. The van der Waals surface area contributed by atoms with Crippen LogP contribution in [0, 0.1) is 17.6 Å². The Morgan fingerprint density at radius 3 is 2.30 bits per heavy atom. The SMILES string of the molecule is CN1CCC(Cn2nc(Nc3n[nH]c4ccc(Cc5cc(F)cc(F)c5)cc34)c3ccc(N4CCN(C)CC4)cc32)CC1. The molecule has 43 heavy (non-hydrogen) atoms. The third-order valence-electron chi connectivity index (χ3n) is 9.07. The molecule has 224 valence electrons. The highest BCUT2D eigenvalue weighted by Crippen LogP contribution is 2.33. The second-order valence-electron chi connectivity index (χ2n) is 12.3. The molecule has 2 fully saturated rings. The number of likely N-dealkylation sites (N-methyl/N-ethyl adjacent to an activating group) is 1. The first-order valence-electron chi connectivity index (χ1n) is 15.2. The van der Waals surface area contributed by atoms with Crippen molar-refractivity contribution in [3.05, 3.63) is 77.4 Å². The highest BCUT2D eigenvalue weighted by Gasteiger charge is 2.22. The predicted molar refractivity (Wildman–Crippen MR) is 168 cm³/mol. The summed E-state index contributed by atoms with van der Waals surface area (Å²) in [4.78, 5) is 7.24. The molecule has 2 aliphatic rings. The second-order valence-corrected chi connectivity index (χ2v) is 12.3. The van der Waals surface area contributed by atoms with Gasteiger partial charge in [-0.15, -0.1) is 0 Å². The van der Waals surface area contributed by atoms with E-state index in [1.807, 2.05) is 18.2 Å². The van der Waals surface area contributed by atoms with Gasteiger partial charge in [-0.3, -0.25) is 9.78 Å². The number of piperidine rings is 1. The van der Waals surface area contributed by atoms with E-state index in [0.29, 0.717) is 23.7 Å². The number of nitrogens with zero attached hydrogens (tertiary/aromatic N) is 6. The molecule has 0 radical (unpaired) electrons. The molecule has 0 spiro atoms. The average Bonchev–Trinajstić information content (AvgIpc) is 3.54. The number of fused-ring (bicyclic) bond motifs is 2. The summed E-state index contributed by atoms with van der Waals surface area (Å²) in [5, 5.41) is 18.3. The average molecular weight is 585 g/mol. The van der Waals surface area contributed by atoms with E-state index in [9.17, 15) is 8.78 Å². The van der Waals surface area contributed by atoms with Crippen LogP contribution in [-0.4, -0.2) is 83.1 Å². The molecule has 0 bridgehead atoms. The molecule has 0 aliphatic carbocycles. The van der Waals surface area contributed by atoms with Crippen molar-refractivity contribution in [1.82, 2.24) is 29.8 Å². The van der Waals surface area contributed by atoms with Gasteiger partial charge in [0.1, 0.15) is 11.6 Å². The number of hydrogen-bond acceptors (Lipinski definition) is 6. The fourth-order valence-electron chi connectivity index (χ4n) is 6.47. The third kappa shape index (κ3) is 5.94. The summed E-state index contributed by atoms with van der Waals surface area (Å²) in [5.74, 6) is 0.900. The quantitative estimate of drug-likeness (QED) is 0.259. The molecule has 2 N–H and O–H groups in total. The van der Waals surface area contributed by atoms with Crippen LogP contribution >= 0.6 is 0 Å². The Balaban J connectivity index is 1.21. The van der Waals surface area contributed by atoms with E-state index in [0.717, 1.165) is 85.1 Å². The van der Waals surface area contributed by atoms with Gasteiger partial charge in [-0.1, -0.05) is 6.07 Å².